The number of unbranched alkanes of at least 4 members (excludes halogenated alkanes) is 7. The second kappa shape index (κ2) is 74.7. The van der Waals surface area contributed by atoms with Crippen molar-refractivity contribution < 1.29 is 213 Å². The smallest absolute Gasteiger partial charge is 0.241 e. The van der Waals surface area contributed by atoms with Gasteiger partial charge in [0.1, 0.15) is 0 Å². The fourth-order valence-corrected chi connectivity index (χ4v) is 10.9. The van der Waals surface area contributed by atoms with Gasteiger partial charge in [-0.3, -0.25) is 154 Å². The Bertz CT molecular complexity index is 6870. The molecule has 0 aromatic carbocycles. The number of Topliss-reactive ketones (excluding diaryl/α,β-unsaturated/α-hetero) is 8. The third kappa shape index (κ3) is 52.1. The van der Waals surface area contributed by atoms with Crippen LogP contribution in [0.5, 0.6) is 0 Å². The van der Waals surface area contributed by atoms with Crippen molar-refractivity contribution in [1.82, 2.24) is 39.2 Å². The van der Waals surface area contributed by atoms with Gasteiger partial charge in [-0.2, -0.15) is 0 Å². The van der Waals surface area contributed by atoms with Crippen molar-refractivity contribution in [3.63, 3.8) is 0 Å². The zero-order chi connectivity index (χ0) is 148. The van der Waals surface area contributed by atoms with E-state index in [2.05, 4.69) is 6.92 Å². The Labute approximate surface area is 896 Å². The molecule has 8 rings (SSSR count). The molecule has 0 aromatic heterocycles. The molecule has 0 atom stereocenters. The highest BCUT2D eigenvalue weighted by Gasteiger charge is 2.37. The highest BCUT2D eigenvalue weighted by molar-refractivity contribution is 6.18. The zero-order valence-corrected chi connectivity index (χ0v) is 78.4. The van der Waals surface area contributed by atoms with Gasteiger partial charge in [-0.05, 0) is 51.2 Å². The SMILES string of the molecule is C.CCCCCCCC(=O)N1C=C(F)C(=O)CC1=O.[2H]C([2H])(C)C([2H])([2H])C([2H])([2H])C([2H])([2H])C([2H])([2H])CC(=O)N1C=C(F)C(=O)CC1=O.[2H]C([2H])(C)C([2H])([2H])C([2H])([2H])C([2H])([2H])C([2H])([2H])CC(=O)N1C=C(F)C(=O)CC1=O.[2H]C([2H])(C)C([2H])([2H])C([2H])([2H])C([2H])([2H])CCC(=O)N1C=C(F)C(=O)CC1=O.[2H]C([2H])(C)C([2H])([2H])C([2H])([2H])CC(=O)N1C=C(F)C(=O)CC1=O.[2H]C([2H])(C)C([2H])([2H])C([2H])([2H])CCCC(=O)N1C=C(F)C(=O)CC1=O.[2H]C([2H])(C)C([2H])([2H])CCCCC(=O)N1C=C(F)C(=O)CC1=O.[2H]C([2H])(C)CCCCCC(=O)N1C=C(F)C(=O)CC1=O. The summed E-state index contributed by atoms with van der Waals surface area (Å²) < 4.78 is 455. The number of imide groups is 8. The number of hydrogen-bond donors (Lipinski definition) is 0. The summed E-state index contributed by atoms with van der Waals surface area (Å²) in [6.45, 7) is 8.55. The molecule has 8 aliphatic rings. The van der Waals surface area contributed by atoms with Crippen LogP contribution in [0.1, 0.15) is 471 Å². The molecule has 40 heteroatoms. The molecule has 0 bridgehead atoms. The second-order valence-electron chi connectivity index (χ2n) is 28.9. The first-order valence-electron chi connectivity index (χ1n) is 66.0. The first-order valence-corrected chi connectivity index (χ1v) is 43.0. The Morgan fingerprint density at radius 1 is 0.196 bits per heavy atom. The fraction of sp³-hybridized carbons (Fsp3) is 0.612. The largest absolute Gasteiger partial charge is 0.291 e. The van der Waals surface area contributed by atoms with Crippen molar-refractivity contribution in [1.29, 1.82) is 0 Å². The molecule has 0 saturated carbocycles. The second-order valence-corrected chi connectivity index (χ2v) is 28.9. The van der Waals surface area contributed by atoms with E-state index in [0.29, 0.717) is 103 Å². The molecule has 0 N–H and O–H groups in total. The van der Waals surface area contributed by atoms with Crippen LogP contribution in [0.15, 0.2) is 96.2 Å². The van der Waals surface area contributed by atoms with E-state index < -0.39 is 424 Å². The monoisotopic (exact) mass is 2080 g/mol. The predicted octanol–water partition coefficient (Wildman–Crippen LogP) is 19.7. The summed E-state index contributed by atoms with van der Waals surface area (Å²) in [5, 5.41) is 0. The third-order valence-electron chi connectivity index (χ3n) is 18.0. The lowest BCUT2D eigenvalue weighted by Crippen LogP contribution is -2.37. The Kier molecular flexibility index (Phi) is 37.3. The average molecular weight is 2080 g/mol. The van der Waals surface area contributed by atoms with Gasteiger partial charge in [-0.1, -0.05) is 254 Å². The lowest BCUT2D eigenvalue weighted by Gasteiger charge is -2.19. The summed E-state index contributed by atoms with van der Waals surface area (Å²) in [6.07, 6.45) is -70.4. The van der Waals surface area contributed by atoms with Crippen LogP contribution in [0, 0.1) is 0 Å². The molecule has 0 radical (unpaired) electrons. The van der Waals surface area contributed by atoms with Gasteiger partial charge < -0.3 is 0 Å². The number of amides is 16. The molecule has 143 heavy (non-hydrogen) atoms. The van der Waals surface area contributed by atoms with Crippen LogP contribution in [0.25, 0.3) is 0 Å². The fourth-order valence-electron chi connectivity index (χ4n) is 10.9. The van der Waals surface area contributed by atoms with Crippen molar-refractivity contribution in [2.24, 2.45) is 0 Å². The van der Waals surface area contributed by atoms with Crippen LogP contribution in [-0.4, -0.2) is 180 Å². The molecule has 0 saturated heterocycles. The van der Waals surface area contributed by atoms with Crippen LogP contribution in [-0.2, 0) is 115 Å². The lowest BCUT2D eigenvalue weighted by molar-refractivity contribution is -0.146. The minimum atomic E-state index is -3.76. The average Bonchev–Trinajstić information content (AvgIpc) is 0.718. The third-order valence-corrected chi connectivity index (χ3v) is 18.0. The summed E-state index contributed by atoms with van der Waals surface area (Å²) in [6, 6.07) is 0. The van der Waals surface area contributed by atoms with E-state index in [-0.39, 0.29) is 85.9 Å². The summed E-state index contributed by atoms with van der Waals surface area (Å²) in [4.78, 5) is 279. The van der Waals surface area contributed by atoms with Crippen molar-refractivity contribution in [3.8, 4) is 0 Å². The van der Waals surface area contributed by atoms with E-state index in [0.717, 1.165) is 58.3 Å². The van der Waals surface area contributed by atoms with Gasteiger partial charge in [0, 0.05) is 114 Å². The van der Waals surface area contributed by atoms with Crippen molar-refractivity contribution >= 4 is 141 Å². The van der Waals surface area contributed by atoms with Crippen molar-refractivity contribution in [2.75, 3.05) is 0 Å². The van der Waals surface area contributed by atoms with Crippen LogP contribution < -0.4 is 0 Å². The summed E-state index contributed by atoms with van der Waals surface area (Å²) in [5.41, 5.74) is 0. The van der Waals surface area contributed by atoms with Crippen molar-refractivity contribution in [3.05, 3.63) is 96.2 Å². The van der Waals surface area contributed by atoms with E-state index in [4.69, 9.17) is 63.1 Å². The lowest BCUT2D eigenvalue weighted by atomic mass is 10.1. The number of ketones is 8. The van der Waals surface area contributed by atoms with Gasteiger partial charge >= 0.3 is 0 Å². The maximum absolute atomic E-state index is 13.4. The Morgan fingerprint density at radius 3 is 0.587 bits per heavy atom. The Balaban J connectivity index is 0.00000214. The number of carbonyl (C=O) groups excluding carboxylic acids is 24. The molecular weight excluding hydrogens is 1890 g/mol. The number of allylic oxidation sites excluding steroid dienone is 8. The van der Waals surface area contributed by atoms with E-state index in [1.165, 1.54) is 6.92 Å². The molecule has 0 fully saturated rings. The topological polar surface area (TPSA) is 436 Å². The van der Waals surface area contributed by atoms with Gasteiger partial charge in [0.15, 0.2) is 46.6 Å². The van der Waals surface area contributed by atoms with Crippen molar-refractivity contribution in [2.45, 2.75) is 408 Å². The number of rotatable bonds is 46. The molecular formula is C103H144F8N8O24. The highest BCUT2D eigenvalue weighted by atomic mass is 19.2. The number of hydrogen-bond acceptors (Lipinski definition) is 24. The van der Waals surface area contributed by atoms with Crippen LogP contribution in [0.3, 0.4) is 0 Å². The molecule has 0 aliphatic carbocycles. The summed E-state index contributed by atoms with van der Waals surface area (Å²) in [7, 11) is 0. The zero-order valence-electron chi connectivity index (χ0n) is 124. The maximum atomic E-state index is 13.4. The number of carbonyl (C=O) groups is 24. The normalized spacial score (nSPS) is 22.9. The van der Waals surface area contributed by atoms with E-state index in [1.54, 1.807) is 0 Å². The first-order chi connectivity index (χ1) is 84.0. The van der Waals surface area contributed by atoms with E-state index in [9.17, 15) is 150 Å². The molecule has 0 aromatic rings. The maximum Gasteiger partial charge on any atom is 0.241 e. The van der Waals surface area contributed by atoms with Gasteiger partial charge in [-0.25, -0.2) is 35.1 Å². The Morgan fingerprint density at radius 2 is 0.357 bits per heavy atom. The number of halogens is 8. The Hall–Kier alpha value is -12.2. The van der Waals surface area contributed by atoms with Crippen LogP contribution >= 0.6 is 0 Å². The van der Waals surface area contributed by atoms with E-state index in [1.807, 2.05) is 0 Å². The quantitative estimate of drug-likeness (QED) is 0.0310. The number of nitrogens with zero attached hydrogens (tertiary/aromatic N) is 8. The molecule has 32 nitrogen and oxygen atoms in total. The molecule has 0 spiro atoms. The van der Waals surface area contributed by atoms with Gasteiger partial charge in [0.25, 0.3) is 0 Å². The first kappa shape index (κ1) is 71.3. The summed E-state index contributed by atoms with van der Waals surface area (Å²) in [5.74, 6) is -33.4. The van der Waals surface area contributed by atoms with Gasteiger partial charge in [0.05, 0.1) is 101 Å². The minimum Gasteiger partial charge on any atom is -0.291 e. The predicted molar refractivity (Wildman–Crippen MR) is 510 cm³/mol. The standard InChI is InChI=1S/7C13H18FNO3.C11H14FNO3.CH4/c7*1-2-3-4-5-6-7-12(17)15-9-10(14)11(16)8-13(15)18;1-2-3-4-5-10(15)13-7-8(12)9(14)6-11(13)16;/h7*9H,2-8H2,1H3;7H,2-6H2,1H3;1H4/i2*2D2,3D2,4D2,5D2,6D2;2D2,3D2,4D2,5D2;2D2,3D2,4D2;2D2,3D2;2D2;;2D2,3D2,4D2;. The molecule has 0 unspecified atom stereocenters. The minimum absolute atomic E-state index is 0. The molecule has 8 heterocycles. The highest BCUT2D eigenvalue weighted by Crippen LogP contribution is 2.26. The summed E-state index contributed by atoms with van der Waals surface area (Å²) >= 11 is 0. The molecule has 796 valence electrons. The van der Waals surface area contributed by atoms with Gasteiger partial charge in [-0.15, -0.1) is 0 Å². The van der Waals surface area contributed by atoms with Crippen LogP contribution in [0.2, 0.25) is 0 Å². The molecule has 8 aliphatic heterocycles. The van der Waals surface area contributed by atoms with Gasteiger partial charge in [0.2, 0.25) is 141 Å². The molecule has 16 amide bonds. The van der Waals surface area contributed by atoms with E-state index >= 15 is 0 Å². The van der Waals surface area contributed by atoms with Crippen LogP contribution in [0.4, 0.5) is 35.1 Å².